The van der Waals surface area contributed by atoms with Crippen molar-refractivity contribution in [2.75, 3.05) is 31.7 Å². The van der Waals surface area contributed by atoms with Gasteiger partial charge in [0, 0.05) is 12.6 Å². The molecule has 0 aliphatic carbocycles. The van der Waals surface area contributed by atoms with Crippen LogP contribution in [-0.4, -0.2) is 43.5 Å². The molecule has 136 valence electrons. The lowest BCUT2D eigenvalue weighted by atomic mass is 10.1. The number of carbonyl (C=O) groups is 2. The van der Waals surface area contributed by atoms with Crippen molar-refractivity contribution in [1.29, 1.82) is 0 Å². The van der Waals surface area contributed by atoms with E-state index in [0.717, 1.165) is 6.42 Å². The van der Waals surface area contributed by atoms with Crippen LogP contribution in [0.1, 0.15) is 17.7 Å². The number of ether oxygens (including phenoxy) is 2. The van der Waals surface area contributed by atoms with Crippen LogP contribution in [0.5, 0.6) is 0 Å². The van der Waals surface area contributed by atoms with Gasteiger partial charge in [-0.3, -0.25) is 14.5 Å². The lowest BCUT2D eigenvalue weighted by Gasteiger charge is -2.32. The highest BCUT2D eigenvalue weighted by atomic mass is 16.7. The summed E-state index contributed by atoms with van der Waals surface area (Å²) in [5, 5.41) is 0. The summed E-state index contributed by atoms with van der Waals surface area (Å²) in [5.41, 5.74) is 1.31. The van der Waals surface area contributed by atoms with Crippen LogP contribution in [0.4, 0.5) is 5.69 Å². The molecule has 7 heteroatoms. The maximum atomic E-state index is 13.1. The second-order valence-electron chi connectivity index (χ2n) is 6.40. The Labute approximate surface area is 151 Å². The van der Waals surface area contributed by atoms with E-state index in [0.29, 0.717) is 36.8 Å². The number of likely N-dealkylation sites (N-methyl/N-ethyl adjacent to an activating group) is 1. The fraction of sp³-hybridized carbons (Fsp3) is 0.368. The van der Waals surface area contributed by atoms with E-state index in [1.165, 1.54) is 9.80 Å². The van der Waals surface area contributed by atoms with Crippen molar-refractivity contribution >= 4 is 17.5 Å². The molecule has 7 nitrogen and oxygen atoms in total. The van der Waals surface area contributed by atoms with E-state index in [1.54, 1.807) is 25.4 Å². The zero-order valence-electron chi connectivity index (χ0n) is 14.5. The van der Waals surface area contributed by atoms with Crippen LogP contribution in [0.2, 0.25) is 0 Å². The van der Waals surface area contributed by atoms with Gasteiger partial charge in [-0.1, -0.05) is 18.2 Å². The molecular formula is C19H20N2O5. The molecule has 2 aromatic rings. The summed E-state index contributed by atoms with van der Waals surface area (Å²) in [7, 11) is 1.68. The minimum atomic E-state index is -1.42. The lowest BCUT2D eigenvalue weighted by molar-refractivity contribution is -0.256. The highest BCUT2D eigenvalue weighted by molar-refractivity contribution is 6.08. The molecule has 1 saturated heterocycles. The van der Waals surface area contributed by atoms with E-state index in [4.69, 9.17) is 13.9 Å². The van der Waals surface area contributed by atoms with Gasteiger partial charge in [-0.25, -0.2) is 0 Å². The van der Waals surface area contributed by atoms with E-state index in [1.807, 2.05) is 24.3 Å². The number of rotatable bonds is 4. The summed E-state index contributed by atoms with van der Waals surface area (Å²) in [6.45, 7) is 1.15. The molecular weight excluding hydrogens is 336 g/mol. The number of furan rings is 1. The normalized spacial score (nSPS) is 18.2. The second kappa shape index (κ2) is 6.59. The zero-order chi connectivity index (χ0) is 18.1. The van der Waals surface area contributed by atoms with E-state index in [9.17, 15) is 9.59 Å². The quantitative estimate of drug-likeness (QED) is 0.836. The summed E-state index contributed by atoms with van der Waals surface area (Å²) in [4.78, 5) is 28.7. The number of benzene rings is 1. The first-order chi connectivity index (χ1) is 12.6. The highest BCUT2D eigenvalue weighted by Crippen LogP contribution is 2.44. The number of hydrogen-bond acceptors (Lipinski definition) is 5. The van der Waals surface area contributed by atoms with E-state index in [-0.39, 0.29) is 18.4 Å². The van der Waals surface area contributed by atoms with Crippen molar-refractivity contribution in [3.8, 4) is 0 Å². The fourth-order valence-electron chi connectivity index (χ4n) is 3.34. The van der Waals surface area contributed by atoms with Gasteiger partial charge in [0.15, 0.2) is 0 Å². The number of carbonyl (C=O) groups excluding carboxylic acids is 2. The fourth-order valence-corrected chi connectivity index (χ4v) is 3.34. The molecule has 2 aliphatic heterocycles. The molecule has 0 N–H and O–H groups in total. The molecule has 3 heterocycles. The topological polar surface area (TPSA) is 72.2 Å². The number of hydrogen-bond donors (Lipinski definition) is 0. The van der Waals surface area contributed by atoms with Crippen LogP contribution < -0.4 is 4.90 Å². The van der Waals surface area contributed by atoms with Crippen molar-refractivity contribution in [3.63, 3.8) is 0 Å². The number of nitrogens with zero attached hydrogens (tertiary/aromatic N) is 2. The number of anilines is 1. The van der Waals surface area contributed by atoms with Gasteiger partial charge in [0.05, 0.1) is 31.7 Å². The predicted octanol–water partition coefficient (Wildman–Crippen LogP) is 1.87. The summed E-state index contributed by atoms with van der Waals surface area (Å²) in [6, 6.07) is 10.9. The average molecular weight is 356 g/mol. The van der Waals surface area contributed by atoms with Crippen LogP contribution in [-0.2, 0) is 31.4 Å². The largest absolute Gasteiger partial charge is 0.467 e. The van der Waals surface area contributed by atoms with Gasteiger partial charge in [-0.05, 0) is 24.6 Å². The molecule has 2 amide bonds. The molecule has 4 rings (SSSR count). The van der Waals surface area contributed by atoms with Crippen LogP contribution in [0.15, 0.2) is 47.1 Å². The standard InChI is InChI=1S/C19H20N2O5/c1-20(12-14-6-4-9-24-14)17(22)13-21-16-8-3-2-7-15(16)19(18(21)23)25-10-5-11-26-19/h2-4,6-9H,5,10-13H2,1H3. The Bertz CT molecular complexity index is 811. The Morgan fingerprint density at radius 2 is 1.96 bits per heavy atom. The van der Waals surface area contributed by atoms with Crippen molar-refractivity contribution in [2.45, 2.75) is 18.8 Å². The molecule has 0 bridgehead atoms. The van der Waals surface area contributed by atoms with Crippen LogP contribution in [0.25, 0.3) is 0 Å². The van der Waals surface area contributed by atoms with Gasteiger partial charge >= 0.3 is 0 Å². The van der Waals surface area contributed by atoms with Gasteiger partial charge in [0.1, 0.15) is 12.3 Å². The molecule has 0 unspecified atom stereocenters. The smallest absolute Gasteiger partial charge is 0.293 e. The maximum Gasteiger partial charge on any atom is 0.293 e. The zero-order valence-corrected chi connectivity index (χ0v) is 14.5. The molecule has 1 fully saturated rings. The third kappa shape index (κ3) is 2.69. The van der Waals surface area contributed by atoms with Crippen molar-refractivity contribution in [3.05, 3.63) is 54.0 Å². The Kier molecular flexibility index (Phi) is 4.26. The first kappa shape index (κ1) is 16.8. The highest BCUT2D eigenvalue weighted by Gasteiger charge is 2.55. The van der Waals surface area contributed by atoms with Crippen molar-refractivity contribution in [1.82, 2.24) is 4.90 Å². The Hall–Kier alpha value is -2.64. The van der Waals surface area contributed by atoms with Gasteiger partial charge in [0.2, 0.25) is 5.91 Å². The molecule has 0 saturated carbocycles. The van der Waals surface area contributed by atoms with Crippen LogP contribution >= 0.6 is 0 Å². The number of fused-ring (bicyclic) bond motifs is 2. The molecule has 26 heavy (non-hydrogen) atoms. The third-order valence-corrected chi connectivity index (χ3v) is 4.67. The van der Waals surface area contributed by atoms with Gasteiger partial charge in [-0.15, -0.1) is 0 Å². The summed E-state index contributed by atoms with van der Waals surface area (Å²) in [6.07, 6.45) is 2.30. The molecule has 1 aromatic carbocycles. The van der Waals surface area contributed by atoms with Crippen LogP contribution in [0.3, 0.4) is 0 Å². The lowest BCUT2D eigenvalue weighted by Crippen LogP contribution is -2.49. The summed E-state index contributed by atoms with van der Waals surface area (Å²) in [5.74, 6) is -1.28. The van der Waals surface area contributed by atoms with Gasteiger partial charge < -0.3 is 18.8 Å². The molecule has 1 aromatic heterocycles. The summed E-state index contributed by atoms with van der Waals surface area (Å²) >= 11 is 0. The first-order valence-corrected chi connectivity index (χ1v) is 8.57. The Morgan fingerprint density at radius 1 is 1.19 bits per heavy atom. The SMILES string of the molecule is CN(Cc1ccco1)C(=O)CN1C(=O)C2(OCCCO2)c2ccccc21. The maximum absolute atomic E-state index is 13.1. The average Bonchev–Trinajstić information content (AvgIpc) is 3.25. The molecule has 2 aliphatic rings. The number of amides is 2. The Balaban J connectivity index is 1.56. The monoisotopic (exact) mass is 356 g/mol. The van der Waals surface area contributed by atoms with E-state index < -0.39 is 5.79 Å². The molecule has 0 radical (unpaired) electrons. The van der Waals surface area contributed by atoms with Crippen molar-refractivity contribution in [2.24, 2.45) is 0 Å². The van der Waals surface area contributed by atoms with Crippen molar-refractivity contribution < 1.29 is 23.5 Å². The van der Waals surface area contributed by atoms with Gasteiger partial charge in [-0.2, -0.15) is 0 Å². The predicted molar refractivity (Wildman–Crippen MR) is 92.2 cm³/mol. The summed E-state index contributed by atoms with van der Waals surface area (Å²) < 4.78 is 16.8. The van der Waals surface area contributed by atoms with Crippen LogP contribution in [0, 0.1) is 0 Å². The number of para-hydroxylation sites is 1. The van der Waals surface area contributed by atoms with E-state index in [2.05, 4.69) is 0 Å². The minimum Gasteiger partial charge on any atom is -0.467 e. The minimum absolute atomic E-state index is 0.0818. The molecule has 0 atom stereocenters. The Morgan fingerprint density at radius 3 is 2.69 bits per heavy atom. The second-order valence-corrected chi connectivity index (χ2v) is 6.40. The van der Waals surface area contributed by atoms with E-state index >= 15 is 0 Å². The first-order valence-electron chi connectivity index (χ1n) is 8.57. The molecule has 1 spiro atoms. The third-order valence-electron chi connectivity index (χ3n) is 4.67. The van der Waals surface area contributed by atoms with Gasteiger partial charge in [0.25, 0.3) is 11.7 Å².